The maximum absolute atomic E-state index is 12.7. The standard InChI is InChI=1S/C25H27ClN6O5S/c26-20-14-17(9-10-22(20)32-13-4-6-18(16-32)30-25-27-11-5-12-28-25)23(33)29-15-21(24(34)35)31-38(36,37)19-7-2-1-3-8-19/h1-3,5,7-12,14,18,21,31H,4,6,13,15-16H2,(H,29,33)(H,34,35)(H,27,28,30). The van der Waals surface area contributed by atoms with Gasteiger partial charge < -0.3 is 20.6 Å². The molecule has 1 aliphatic rings. The predicted molar refractivity (Wildman–Crippen MR) is 143 cm³/mol. The molecule has 0 bridgehead atoms. The topological polar surface area (TPSA) is 154 Å². The zero-order chi connectivity index (χ0) is 27.1. The molecular weight excluding hydrogens is 532 g/mol. The minimum absolute atomic E-state index is 0.0774. The van der Waals surface area contributed by atoms with E-state index in [4.69, 9.17) is 11.6 Å². The van der Waals surface area contributed by atoms with Gasteiger partial charge in [0, 0.05) is 43.6 Å². The van der Waals surface area contributed by atoms with E-state index in [-0.39, 0.29) is 16.5 Å². The maximum Gasteiger partial charge on any atom is 0.323 e. The van der Waals surface area contributed by atoms with Gasteiger partial charge in [0.1, 0.15) is 6.04 Å². The summed E-state index contributed by atoms with van der Waals surface area (Å²) >= 11 is 6.53. The zero-order valence-electron chi connectivity index (χ0n) is 20.2. The van der Waals surface area contributed by atoms with Crippen molar-refractivity contribution in [3.8, 4) is 0 Å². The number of rotatable bonds is 10. The summed E-state index contributed by atoms with van der Waals surface area (Å²) in [5.41, 5.74) is 0.987. The van der Waals surface area contributed by atoms with Gasteiger partial charge in [0.15, 0.2) is 0 Å². The Morgan fingerprint density at radius 3 is 2.53 bits per heavy atom. The van der Waals surface area contributed by atoms with Gasteiger partial charge >= 0.3 is 5.97 Å². The molecule has 2 heterocycles. The van der Waals surface area contributed by atoms with Crippen molar-refractivity contribution in [2.75, 3.05) is 29.9 Å². The SMILES string of the molecule is O=C(NCC(NS(=O)(=O)c1ccccc1)C(=O)O)c1ccc(N2CCCC(Nc3ncccn3)C2)c(Cl)c1. The van der Waals surface area contributed by atoms with Gasteiger partial charge in [-0.2, -0.15) is 4.72 Å². The molecule has 13 heteroatoms. The lowest BCUT2D eigenvalue weighted by Gasteiger charge is -2.35. The van der Waals surface area contributed by atoms with Gasteiger partial charge in [-0.15, -0.1) is 0 Å². The van der Waals surface area contributed by atoms with Gasteiger partial charge in [0.05, 0.1) is 15.6 Å². The third-order valence-corrected chi connectivity index (χ3v) is 7.78. The fraction of sp³-hybridized carbons (Fsp3) is 0.280. The quantitative estimate of drug-likeness (QED) is 0.293. The van der Waals surface area contributed by atoms with Crippen LogP contribution >= 0.6 is 11.6 Å². The Morgan fingerprint density at radius 2 is 1.84 bits per heavy atom. The van der Waals surface area contributed by atoms with Crippen LogP contribution < -0.4 is 20.3 Å². The fourth-order valence-electron chi connectivity index (χ4n) is 4.11. The van der Waals surface area contributed by atoms with E-state index < -0.39 is 34.5 Å². The third-order valence-electron chi connectivity index (χ3n) is 5.99. The smallest absolute Gasteiger partial charge is 0.323 e. The minimum atomic E-state index is -4.09. The van der Waals surface area contributed by atoms with E-state index in [0.717, 1.165) is 25.1 Å². The van der Waals surface area contributed by atoms with E-state index in [1.54, 1.807) is 36.7 Å². The van der Waals surface area contributed by atoms with Crippen molar-refractivity contribution in [2.45, 2.75) is 29.8 Å². The summed E-state index contributed by atoms with van der Waals surface area (Å²) in [7, 11) is -4.09. The van der Waals surface area contributed by atoms with Crippen molar-refractivity contribution in [3.05, 3.63) is 77.6 Å². The molecule has 4 N–H and O–H groups in total. The molecule has 0 aliphatic carbocycles. The van der Waals surface area contributed by atoms with E-state index >= 15 is 0 Å². The summed E-state index contributed by atoms with van der Waals surface area (Å²) in [5, 5.41) is 15.7. The largest absolute Gasteiger partial charge is 0.480 e. The molecule has 1 aliphatic heterocycles. The number of benzene rings is 2. The molecule has 200 valence electrons. The average Bonchev–Trinajstić information content (AvgIpc) is 2.92. The van der Waals surface area contributed by atoms with Crippen LogP contribution in [0.15, 0.2) is 71.9 Å². The molecule has 38 heavy (non-hydrogen) atoms. The normalized spacial score (nSPS) is 16.4. The lowest BCUT2D eigenvalue weighted by Crippen LogP contribution is -2.48. The minimum Gasteiger partial charge on any atom is -0.480 e. The lowest BCUT2D eigenvalue weighted by atomic mass is 10.0. The second-order valence-electron chi connectivity index (χ2n) is 8.70. The van der Waals surface area contributed by atoms with E-state index in [0.29, 0.717) is 17.5 Å². The fourth-order valence-corrected chi connectivity index (χ4v) is 5.62. The highest BCUT2D eigenvalue weighted by molar-refractivity contribution is 7.89. The molecule has 4 rings (SSSR count). The molecule has 1 aromatic heterocycles. The number of nitrogens with one attached hydrogen (secondary N) is 3. The number of carbonyl (C=O) groups is 2. The molecule has 2 unspecified atom stereocenters. The number of hydrogen-bond donors (Lipinski definition) is 4. The highest BCUT2D eigenvalue weighted by atomic mass is 35.5. The molecule has 0 saturated carbocycles. The second-order valence-corrected chi connectivity index (χ2v) is 10.8. The van der Waals surface area contributed by atoms with Crippen molar-refractivity contribution in [2.24, 2.45) is 0 Å². The predicted octanol–water partition coefficient (Wildman–Crippen LogP) is 2.37. The zero-order valence-corrected chi connectivity index (χ0v) is 21.8. The number of hydrogen-bond acceptors (Lipinski definition) is 8. The number of halogens is 1. The Balaban J connectivity index is 1.37. The summed E-state index contributed by atoms with van der Waals surface area (Å²) in [6.07, 6.45) is 5.23. The van der Waals surface area contributed by atoms with Crippen molar-refractivity contribution in [3.63, 3.8) is 0 Å². The summed E-state index contributed by atoms with van der Waals surface area (Å²) < 4.78 is 27.1. The van der Waals surface area contributed by atoms with Gasteiger partial charge in [-0.3, -0.25) is 9.59 Å². The van der Waals surface area contributed by atoms with Crippen LogP contribution in [0.2, 0.25) is 5.02 Å². The Kier molecular flexibility index (Phi) is 8.77. The number of carbonyl (C=O) groups excluding carboxylic acids is 1. The maximum atomic E-state index is 12.7. The van der Waals surface area contributed by atoms with Gasteiger partial charge in [-0.1, -0.05) is 29.8 Å². The van der Waals surface area contributed by atoms with Crippen molar-refractivity contribution in [1.82, 2.24) is 20.0 Å². The molecule has 0 spiro atoms. The number of anilines is 2. The second kappa shape index (κ2) is 12.2. The third kappa shape index (κ3) is 6.97. The van der Waals surface area contributed by atoms with Crippen LogP contribution in [0, 0.1) is 0 Å². The Labute approximate surface area is 225 Å². The van der Waals surface area contributed by atoms with Crippen LogP contribution in [0.4, 0.5) is 11.6 Å². The molecular formula is C25H27ClN6O5S. The van der Waals surface area contributed by atoms with E-state index in [9.17, 15) is 23.1 Å². The summed E-state index contributed by atoms with van der Waals surface area (Å²) in [6.45, 7) is 1.01. The van der Waals surface area contributed by atoms with E-state index in [1.165, 1.54) is 30.3 Å². The van der Waals surface area contributed by atoms with E-state index in [1.807, 2.05) is 0 Å². The first-order chi connectivity index (χ1) is 18.2. The number of aliphatic carboxylic acids is 1. The average molecular weight is 559 g/mol. The summed E-state index contributed by atoms with van der Waals surface area (Å²) in [4.78, 5) is 34.8. The molecule has 2 atom stereocenters. The monoisotopic (exact) mass is 558 g/mol. The summed E-state index contributed by atoms with van der Waals surface area (Å²) in [6, 6.07) is 12.5. The van der Waals surface area contributed by atoms with Gasteiger partial charge in [-0.05, 0) is 49.2 Å². The van der Waals surface area contributed by atoms with E-state index in [2.05, 4.69) is 30.2 Å². The number of amides is 1. The first-order valence-corrected chi connectivity index (χ1v) is 13.8. The Bertz CT molecular complexity index is 1380. The number of sulfonamides is 1. The molecule has 2 aromatic carbocycles. The molecule has 0 radical (unpaired) electrons. The number of piperidine rings is 1. The molecule has 3 aromatic rings. The lowest BCUT2D eigenvalue weighted by molar-refractivity contribution is -0.138. The van der Waals surface area contributed by atoms with Crippen LogP contribution in [0.25, 0.3) is 0 Å². The molecule has 1 saturated heterocycles. The van der Waals surface area contributed by atoms with Crippen molar-refractivity contribution in [1.29, 1.82) is 0 Å². The highest BCUT2D eigenvalue weighted by Crippen LogP contribution is 2.30. The van der Waals surface area contributed by atoms with Crippen LogP contribution in [0.3, 0.4) is 0 Å². The van der Waals surface area contributed by atoms with Crippen LogP contribution in [-0.2, 0) is 14.8 Å². The van der Waals surface area contributed by atoms with Crippen molar-refractivity contribution >= 4 is 45.1 Å². The van der Waals surface area contributed by atoms with Crippen LogP contribution in [-0.4, -0.2) is 67.1 Å². The number of carboxylic acids is 1. The van der Waals surface area contributed by atoms with Crippen LogP contribution in [0.5, 0.6) is 0 Å². The first kappa shape index (κ1) is 27.3. The summed E-state index contributed by atoms with van der Waals surface area (Å²) in [5.74, 6) is -1.45. The molecule has 1 amide bonds. The molecule has 1 fully saturated rings. The van der Waals surface area contributed by atoms with Crippen LogP contribution in [0.1, 0.15) is 23.2 Å². The number of aromatic nitrogens is 2. The van der Waals surface area contributed by atoms with Gasteiger partial charge in [0.2, 0.25) is 16.0 Å². The van der Waals surface area contributed by atoms with Gasteiger partial charge in [-0.25, -0.2) is 18.4 Å². The number of nitrogens with zero attached hydrogens (tertiary/aromatic N) is 3. The highest BCUT2D eigenvalue weighted by Gasteiger charge is 2.27. The Hall–Kier alpha value is -3.74. The molecule has 11 nitrogen and oxygen atoms in total. The van der Waals surface area contributed by atoms with Crippen molar-refractivity contribution < 1.29 is 23.1 Å². The first-order valence-electron chi connectivity index (χ1n) is 11.9. The number of carboxylic acid groups (broad SMARTS) is 1. The van der Waals surface area contributed by atoms with Gasteiger partial charge in [0.25, 0.3) is 5.91 Å². The Morgan fingerprint density at radius 1 is 1.11 bits per heavy atom.